The Balaban J connectivity index is 1.53. The molecular formula is C14H17N7. The van der Waals surface area contributed by atoms with E-state index >= 15 is 0 Å². The third kappa shape index (κ3) is 2.14. The lowest BCUT2D eigenvalue weighted by atomic mass is 9.96. The second-order valence-corrected chi connectivity index (χ2v) is 5.48. The molecule has 0 saturated carbocycles. The Morgan fingerprint density at radius 3 is 2.86 bits per heavy atom. The van der Waals surface area contributed by atoms with E-state index in [0.717, 1.165) is 54.4 Å². The van der Waals surface area contributed by atoms with E-state index in [-0.39, 0.29) is 0 Å². The first-order chi connectivity index (χ1) is 10.3. The van der Waals surface area contributed by atoms with E-state index in [1.54, 1.807) is 6.33 Å². The van der Waals surface area contributed by atoms with Gasteiger partial charge in [-0.2, -0.15) is 5.10 Å². The van der Waals surface area contributed by atoms with Crippen LogP contribution >= 0.6 is 0 Å². The Bertz CT molecular complexity index is 751. The fourth-order valence-electron chi connectivity index (χ4n) is 3.00. The van der Waals surface area contributed by atoms with Gasteiger partial charge in [0.2, 0.25) is 0 Å². The Labute approximate surface area is 121 Å². The molecule has 0 atom stereocenters. The molecule has 4 heterocycles. The summed E-state index contributed by atoms with van der Waals surface area (Å²) in [6, 6.07) is 2.04. The normalized spacial score (nSPS) is 16.7. The van der Waals surface area contributed by atoms with Crippen LogP contribution in [0.15, 0.2) is 18.6 Å². The molecule has 1 aliphatic heterocycles. The molecule has 1 fully saturated rings. The third-order valence-electron chi connectivity index (χ3n) is 4.11. The van der Waals surface area contributed by atoms with Gasteiger partial charge in [-0.15, -0.1) is 0 Å². The molecule has 0 bridgehead atoms. The Kier molecular flexibility index (Phi) is 2.83. The van der Waals surface area contributed by atoms with Gasteiger partial charge in [-0.3, -0.25) is 5.10 Å². The van der Waals surface area contributed by atoms with Crippen molar-refractivity contribution < 1.29 is 0 Å². The van der Waals surface area contributed by atoms with Crippen LogP contribution in [-0.2, 0) is 0 Å². The number of H-pyrrole nitrogens is 2. The van der Waals surface area contributed by atoms with Gasteiger partial charge in [0, 0.05) is 25.2 Å². The molecule has 21 heavy (non-hydrogen) atoms. The topological polar surface area (TPSA) is 86.4 Å². The van der Waals surface area contributed by atoms with Gasteiger partial charge in [-0.25, -0.2) is 15.0 Å². The molecular weight excluding hydrogens is 266 g/mol. The minimum atomic E-state index is 0.440. The van der Waals surface area contributed by atoms with Crippen molar-refractivity contribution in [2.24, 2.45) is 0 Å². The second kappa shape index (κ2) is 4.83. The Hall–Kier alpha value is -2.44. The molecule has 0 spiro atoms. The van der Waals surface area contributed by atoms with Gasteiger partial charge < -0.3 is 9.88 Å². The quantitative estimate of drug-likeness (QED) is 0.748. The Morgan fingerprint density at radius 1 is 1.24 bits per heavy atom. The van der Waals surface area contributed by atoms with Crippen LogP contribution < -0.4 is 4.90 Å². The third-order valence-corrected chi connectivity index (χ3v) is 4.11. The van der Waals surface area contributed by atoms with Crippen LogP contribution in [0.3, 0.4) is 0 Å². The zero-order valence-corrected chi connectivity index (χ0v) is 11.9. The summed E-state index contributed by atoms with van der Waals surface area (Å²) in [7, 11) is 0. The van der Waals surface area contributed by atoms with Gasteiger partial charge in [0.25, 0.3) is 0 Å². The highest BCUT2D eigenvalue weighted by Crippen LogP contribution is 2.30. The number of piperidine rings is 1. The molecule has 0 amide bonds. The van der Waals surface area contributed by atoms with Crippen molar-refractivity contribution in [3.63, 3.8) is 0 Å². The lowest BCUT2D eigenvalue weighted by molar-refractivity contribution is 0.485. The molecule has 4 rings (SSSR count). The number of rotatable bonds is 2. The summed E-state index contributed by atoms with van der Waals surface area (Å²) in [6.45, 7) is 3.88. The number of nitrogens with zero attached hydrogens (tertiary/aromatic N) is 5. The summed E-state index contributed by atoms with van der Waals surface area (Å²) >= 11 is 0. The molecule has 2 N–H and O–H groups in total. The SMILES string of the molecule is Cc1nc(C2CCN(c3ncnc4[nH]ccc34)CC2)n[nH]1. The maximum Gasteiger partial charge on any atom is 0.153 e. The number of nitrogens with one attached hydrogen (secondary N) is 2. The molecule has 1 saturated heterocycles. The molecule has 108 valence electrons. The van der Waals surface area contributed by atoms with Gasteiger partial charge in [0.1, 0.15) is 23.6 Å². The summed E-state index contributed by atoms with van der Waals surface area (Å²) in [4.78, 5) is 18.6. The predicted octanol–water partition coefficient (Wildman–Crippen LogP) is 1.77. The minimum absolute atomic E-state index is 0.440. The number of aryl methyl sites for hydroxylation is 1. The average Bonchev–Trinajstić information content (AvgIpc) is 3.15. The highest BCUT2D eigenvalue weighted by molar-refractivity contribution is 5.87. The van der Waals surface area contributed by atoms with Crippen LogP contribution in [0, 0.1) is 6.92 Å². The molecule has 3 aromatic rings. The van der Waals surface area contributed by atoms with Crippen LogP contribution in [0.2, 0.25) is 0 Å². The van der Waals surface area contributed by atoms with Crippen LogP contribution in [0.4, 0.5) is 5.82 Å². The van der Waals surface area contributed by atoms with Crippen molar-refractivity contribution in [1.29, 1.82) is 0 Å². The summed E-state index contributed by atoms with van der Waals surface area (Å²) in [5, 5.41) is 8.31. The number of anilines is 1. The van der Waals surface area contributed by atoms with Gasteiger partial charge in [-0.1, -0.05) is 0 Å². The first-order valence-electron chi connectivity index (χ1n) is 7.23. The number of hydrogen-bond donors (Lipinski definition) is 2. The van der Waals surface area contributed by atoms with Crippen LogP contribution in [0.25, 0.3) is 11.0 Å². The number of aromatic amines is 2. The van der Waals surface area contributed by atoms with E-state index in [2.05, 4.69) is 35.0 Å². The number of hydrogen-bond acceptors (Lipinski definition) is 5. The maximum absolute atomic E-state index is 4.46. The molecule has 1 aliphatic rings. The molecule has 0 aromatic carbocycles. The highest BCUT2D eigenvalue weighted by Gasteiger charge is 2.25. The highest BCUT2D eigenvalue weighted by atomic mass is 15.2. The van der Waals surface area contributed by atoms with Gasteiger partial charge in [0.05, 0.1) is 5.39 Å². The minimum Gasteiger partial charge on any atom is -0.356 e. The van der Waals surface area contributed by atoms with E-state index in [0.29, 0.717) is 5.92 Å². The molecule has 0 radical (unpaired) electrons. The fraction of sp³-hybridized carbons (Fsp3) is 0.429. The summed E-state index contributed by atoms with van der Waals surface area (Å²) in [5.74, 6) is 3.29. The van der Waals surface area contributed by atoms with E-state index in [1.807, 2.05) is 19.2 Å². The predicted molar refractivity (Wildman–Crippen MR) is 79.2 cm³/mol. The molecule has 0 aliphatic carbocycles. The summed E-state index contributed by atoms with van der Waals surface area (Å²) < 4.78 is 0. The van der Waals surface area contributed by atoms with Crippen molar-refractivity contribution in [1.82, 2.24) is 30.1 Å². The van der Waals surface area contributed by atoms with Crippen LogP contribution in [0.1, 0.15) is 30.4 Å². The fourth-order valence-corrected chi connectivity index (χ4v) is 3.00. The lowest BCUT2D eigenvalue weighted by Crippen LogP contribution is -2.33. The van der Waals surface area contributed by atoms with Crippen molar-refractivity contribution in [3.8, 4) is 0 Å². The maximum atomic E-state index is 4.46. The summed E-state index contributed by atoms with van der Waals surface area (Å²) in [5.41, 5.74) is 0.895. The second-order valence-electron chi connectivity index (χ2n) is 5.48. The zero-order valence-electron chi connectivity index (χ0n) is 11.9. The van der Waals surface area contributed by atoms with E-state index in [1.165, 1.54) is 0 Å². The van der Waals surface area contributed by atoms with Crippen LogP contribution in [-0.4, -0.2) is 43.2 Å². The number of fused-ring (bicyclic) bond motifs is 1. The van der Waals surface area contributed by atoms with E-state index in [9.17, 15) is 0 Å². The molecule has 7 heteroatoms. The van der Waals surface area contributed by atoms with Crippen molar-refractivity contribution >= 4 is 16.9 Å². The van der Waals surface area contributed by atoms with Gasteiger partial charge in [-0.05, 0) is 25.8 Å². The average molecular weight is 283 g/mol. The Morgan fingerprint density at radius 2 is 2.10 bits per heavy atom. The van der Waals surface area contributed by atoms with Gasteiger partial charge in [0.15, 0.2) is 5.82 Å². The standard InChI is InChI=1S/C14H17N7/c1-9-18-12(20-19-9)10-3-6-21(7-4-10)14-11-2-5-15-13(11)16-8-17-14/h2,5,8,10H,3-4,6-7H2,1H3,(H,15,16,17)(H,18,19,20). The smallest absolute Gasteiger partial charge is 0.153 e. The van der Waals surface area contributed by atoms with E-state index in [4.69, 9.17) is 0 Å². The molecule has 0 unspecified atom stereocenters. The lowest BCUT2D eigenvalue weighted by Gasteiger charge is -2.31. The monoisotopic (exact) mass is 283 g/mol. The molecule has 3 aromatic heterocycles. The zero-order chi connectivity index (χ0) is 14.2. The first-order valence-corrected chi connectivity index (χ1v) is 7.23. The largest absolute Gasteiger partial charge is 0.356 e. The van der Waals surface area contributed by atoms with Crippen molar-refractivity contribution in [2.45, 2.75) is 25.7 Å². The van der Waals surface area contributed by atoms with Crippen LogP contribution in [0.5, 0.6) is 0 Å². The van der Waals surface area contributed by atoms with Crippen molar-refractivity contribution in [3.05, 3.63) is 30.2 Å². The number of aromatic nitrogens is 6. The van der Waals surface area contributed by atoms with Crippen molar-refractivity contribution in [2.75, 3.05) is 18.0 Å². The molecule has 7 nitrogen and oxygen atoms in total. The first kappa shape index (κ1) is 12.3. The van der Waals surface area contributed by atoms with Gasteiger partial charge >= 0.3 is 0 Å². The summed E-state index contributed by atoms with van der Waals surface area (Å²) in [6.07, 6.45) is 5.63. The van der Waals surface area contributed by atoms with E-state index < -0.39 is 0 Å².